The average molecular weight is 467 g/mol. The van der Waals surface area contributed by atoms with Gasteiger partial charge in [-0.15, -0.1) is 0 Å². The Kier molecular flexibility index (Phi) is 7.00. The first-order valence-corrected chi connectivity index (χ1v) is 12.8. The summed E-state index contributed by atoms with van der Waals surface area (Å²) in [5.41, 5.74) is 1.08. The Bertz CT molecular complexity index is 1210. The molecule has 1 aliphatic heterocycles. The second-order valence-electron chi connectivity index (χ2n) is 8.38. The molecular formula is C26H30N2O4S. The molecular weight excluding hydrogens is 436 g/mol. The van der Waals surface area contributed by atoms with E-state index in [4.69, 9.17) is 4.74 Å². The first-order chi connectivity index (χ1) is 15.9. The lowest BCUT2D eigenvalue weighted by atomic mass is 9.95. The third-order valence-electron chi connectivity index (χ3n) is 6.25. The zero-order valence-electron chi connectivity index (χ0n) is 19.0. The fourth-order valence-electron chi connectivity index (χ4n) is 4.42. The zero-order valence-corrected chi connectivity index (χ0v) is 19.8. The van der Waals surface area contributed by atoms with Crippen LogP contribution in [0, 0.1) is 5.92 Å². The topological polar surface area (TPSA) is 75.7 Å². The number of nitrogens with zero attached hydrogens (tertiary/aromatic N) is 1. The van der Waals surface area contributed by atoms with Crippen LogP contribution in [-0.2, 0) is 14.8 Å². The van der Waals surface area contributed by atoms with Crippen molar-refractivity contribution in [3.05, 3.63) is 72.3 Å². The Hall–Kier alpha value is -2.90. The summed E-state index contributed by atoms with van der Waals surface area (Å²) >= 11 is 0. The van der Waals surface area contributed by atoms with Gasteiger partial charge in [0, 0.05) is 19.0 Å². The lowest BCUT2D eigenvalue weighted by Crippen LogP contribution is -2.43. The molecule has 0 bridgehead atoms. The van der Waals surface area contributed by atoms with Crippen LogP contribution in [0.1, 0.15) is 38.3 Å². The van der Waals surface area contributed by atoms with Crippen molar-refractivity contribution >= 4 is 26.7 Å². The molecule has 1 heterocycles. The molecule has 1 fully saturated rings. The van der Waals surface area contributed by atoms with Gasteiger partial charge in [-0.25, -0.2) is 8.42 Å². The predicted octanol–water partition coefficient (Wildman–Crippen LogP) is 4.52. The van der Waals surface area contributed by atoms with E-state index in [0.29, 0.717) is 38.3 Å². The fraction of sp³-hybridized carbons (Fsp3) is 0.346. The second kappa shape index (κ2) is 9.93. The van der Waals surface area contributed by atoms with Gasteiger partial charge in [-0.05, 0) is 67.3 Å². The average Bonchev–Trinajstić information content (AvgIpc) is 2.84. The van der Waals surface area contributed by atoms with Crippen LogP contribution in [0.25, 0.3) is 10.8 Å². The highest BCUT2D eigenvalue weighted by molar-refractivity contribution is 7.89. The van der Waals surface area contributed by atoms with Crippen molar-refractivity contribution in [3.63, 3.8) is 0 Å². The Balaban J connectivity index is 1.37. The van der Waals surface area contributed by atoms with Crippen LogP contribution >= 0.6 is 0 Å². The van der Waals surface area contributed by atoms with Crippen molar-refractivity contribution < 1.29 is 17.9 Å². The van der Waals surface area contributed by atoms with Crippen molar-refractivity contribution in [2.75, 3.05) is 19.7 Å². The van der Waals surface area contributed by atoms with Gasteiger partial charge in [0.1, 0.15) is 5.75 Å². The first kappa shape index (κ1) is 23.3. The van der Waals surface area contributed by atoms with Crippen molar-refractivity contribution in [2.45, 2.75) is 37.6 Å². The van der Waals surface area contributed by atoms with Gasteiger partial charge in [-0.3, -0.25) is 4.79 Å². The number of fused-ring (bicyclic) bond motifs is 1. The molecule has 3 aromatic carbocycles. The largest absolute Gasteiger partial charge is 0.494 e. The van der Waals surface area contributed by atoms with Crippen LogP contribution < -0.4 is 10.1 Å². The minimum Gasteiger partial charge on any atom is -0.494 e. The van der Waals surface area contributed by atoms with Crippen molar-refractivity contribution in [1.29, 1.82) is 0 Å². The number of ether oxygens (including phenoxy) is 1. The number of sulfonamides is 1. The number of amides is 1. The minimum atomic E-state index is -3.59. The number of benzene rings is 3. The summed E-state index contributed by atoms with van der Waals surface area (Å²) in [5.74, 6) is 0.426. The highest BCUT2D eigenvalue weighted by atomic mass is 32.2. The highest BCUT2D eigenvalue weighted by Crippen LogP contribution is 2.27. The molecule has 4 rings (SSSR count). The molecule has 6 nitrogen and oxygen atoms in total. The predicted molar refractivity (Wildman–Crippen MR) is 130 cm³/mol. The number of hydrogen-bond acceptors (Lipinski definition) is 4. The Labute approximate surface area is 195 Å². The van der Waals surface area contributed by atoms with E-state index in [9.17, 15) is 13.2 Å². The summed E-state index contributed by atoms with van der Waals surface area (Å²) in [4.78, 5) is 13.2. The molecule has 1 saturated heterocycles. The lowest BCUT2D eigenvalue weighted by molar-refractivity contribution is -0.126. The van der Waals surface area contributed by atoms with Gasteiger partial charge < -0.3 is 10.1 Å². The van der Waals surface area contributed by atoms with E-state index in [2.05, 4.69) is 23.5 Å². The van der Waals surface area contributed by atoms with Gasteiger partial charge in [0.05, 0.1) is 17.5 Å². The van der Waals surface area contributed by atoms with Gasteiger partial charge in [-0.2, -0.15) is 4.31 Å². The summed E-state index contributed by atoms with van der Waals surface area (Å²) < 4.78 is 32.9. The number of carbonyl (C=O) groups excluding carboxylic acids is 1. The minimum absolute atomic E-state index is 0.0199. The van der Waals surface area contributed by atoms with Gasteiger partial charge in [0.2, 0.25) is 15.9 Å². The molecule has 0 saturated carbocycles. The SMILES string of the molecule is CCOc1ccc(S(=O)(=O)N2CCC(C(=O)NC(C)c3cccc4ccccc34)CC2)cc1. The second-order valence-corrected chi connectivity index (χ2v) is 10.3. The van der Waals surface area contributed by atoms with Gasteiger partial charge in [-0.1, -0.05) is 42.5 Å². The van der Waals surface area contributed by atoms with E-state index in [-0.39, 0.29) is 22.8 Å². The molecule has 0 aromatic heterocycles. The maximum Gasteiger partial charge on any atom is 0.243 e. The lowest BCUT2D eigenvalue weighted by Gasteiger charge is -2.31. The Morgan fingerprint density at radius 1 is 1.03 bits per heavy atom. The smallest absolute Gasteiger partial charge is 0.243 e. The summed E-state index contributed by atoms with van der Waals surface area (Å²) in [7, 11) is -3.59. The molecule has 1 amide bonds. The van der Waals surface area contributed by atoms with E-state index in [1.54, 1.807) is 24.3 Å². The molecule has 1 unspecified atom stereocenters. The Morgan fingerprint density at radius 2 is 1.70 bits per heavy atom. The maximum absolute atomic E-state index is 13.0. The molecule has 1 aliphatic rings. The summed E-state index contributed by atoms with van der Waals surface area (Å²) in [6.45, 7) is 5.06. The number of hydrogen-bond donors (Lipinski definition) is 1. The van der Waals surface area contributed by atoms with Crippen LogP contribution in [0.4, 0.5) is 0 Å². The highest BCUT2D eigenvalue weighted by Gasteiger charge is 2.32. The van der Waals surface area contributed by atoms with Crippen LogP contribution in [-0.4, -0.2) is 38.3 Å². The standard InChI is InChI=1S/C26H30N2O4S/c1-3-32-22-11-13-23(14-12-22)33(30,31)28-17-15-21(16-18-28)26(29)27-19(2)24-10-6-8-20-7-4-5-9-25(20)24/h4-14,19,21H,3,15-18H2,1-2H3,(H,27,29). The van der Waals surface area contributed by atoms with Crippen LogP contribution in [0.3, 0.4) is 0 Å². The maximum atomic E-state index is 13.0. The van der Waals surface area contributed by atoms with Crippen molar-refractivity contribution in [1.82, 2.24) is 9.62 Å². The summed E-state index contributed by atoms with van der Waals surface area (Å²) in [6.07, 6.45) is 1.01. The van der Waals surface area contributed by atoms with Crippen molar-refractivity contribution in [3.8, 4) is 5.75 Å². The first-order valence-electron chi connectivity index (χ1n) is 11.4. The van der Waals surface area contributed by atoms with E-state index in [1.165, 1.54) is 4.31 Å². The van der Waals surface area contributed by atoms with Gasteiger partial charge >= 0.3 is 0 Å². The number of rotatable bonds is 7. The van der Waals surface area contributed by atoms with Gasteiger partial charge in [0.25, 0.3) is 0 Å². The van der Waals surface area contributed by atoms with Crippen LogP contribution in [0.15, 0.2) is 71.6 Å². The Morgan fingerprint density at radius 3 is 2.39 bits per heavy atom. The normalized spacial score (nSPS) is 16.4. The molecule has 7 heteroatoms. The zero-order chi connectivity index (χ0) is 23.4. The van der Waals surface area contributed by atoms with E-state index in [1.807, 2.05) is 38.1 Å². The molecule has 33 heavy (non-hydrogen) atoms. The van der Waals surface area contributed by atoms with Gasteiger partial charge in [0.15, 0.2) is 0 Å². The molecule has 0 spiro atoms. The molecule has 0 radical (unpaired) electrons. The molecule has 0 aliphatic carbocycles. The molecule has 174 valence electrons. The van der Waals surface area contributed by atoms with E-state index in [0.717, 1.165) is 16.3 Å². The molecule has 1 atom stereocenters. The van der Waals surface area contributed by atoms with Crippen molar-refractivity contribution in [2.24, 2.45) is 5.92 Å². The van der Waals surface area contributed by atoms with Crippen LogP contribution in [0.2, 0.25) is 0 Å². The number of piperidine rings is 1. The third-order valence-corrected chi connectivity index (χ3v) is 8.16. The fourth-order valence-corrected chi connectivity index (χ4v) is 5.89. The molecule has 1 N–H and O–H groups in total. The number of carbonyl (C=O) groups is 1. The van der Waals surface area contributed by atoms with Crippen LogP contribution in [0.5, 0.6) is 5.75 Å². The monoisotopic (exact) mass is 466 g/mol. The third kappa shape index (κ3) is 5.04. The molecule has 3 aromatic rings. The van der Waals surface area contributed by atoms with E-state index >= 15 is 0 Å². The van der Waals surface area contributed by atoms with E-state index < -0.39 is 10.0 Å². The summed E-state index contributed by atoms with van der Waals surface area (Å²) in [5, 5.41) is 5.41. The quantitative estimate of drug-likeness (QED) is 0.556. The number of nitrogens with one attached hydrogen (secondary N) is 1. The summed E-state index contributed by atoms with van der Waals surface area (Å²) in [6, 6.07) is 20.6.